The van der Waals surface area contributed by atoms with Gasteiger partial charge in [-0.25, -0.2) is 4.99 Å². The van der Waals surface area contributed by atoms with E-state index in [4.69, 9.17) is 4.74 Å². The second-order valence-corrected chi connectivity index (χ2v) is 5.36. The molecule has 2 rings (SSSR count). The number of Topliss-reactive ketones (excluding diaryl/α,β-unsaturated/α-hetero) is 1. The molecule has 0 spiro atoms. The first kappa shape index (κ1) is 15.7. The maximum Gasteiger partial charge on any atom is 0.211 e. The summed E-state index contributed by atoms with van der Waals surface area (Å²) >= 11 is 0. The average Bonchev–Trinajstić information content (AvgIpc) is 2.52. The van der Waals surface area contributed by atoms with Gasteiger partial charge < -0.3 is 9.64 Å². The van der Waals surface area contributed by atoms with Crippen LogP contribution in [0, 0.1) is 0 Å². The van der Waals surface area contributed by atoms with Crippen LogP contribution < -0.4 is 0 Å². The Labute approximate surface area is 126 Å². The van der Waals surface area contributed by atoms with Crippen molar-refractivity contribution in [2.24, 2.45) is 4.99 Å². The van der Waals surface area contributed by atoms with Crippen molar-refractivity contribution < 1.29 is 9.53 Å². The molecule has 0 aromatic heterocycles. The minimum Gasteiger partial charge on any atom is -0.353 e. The summed E-state index contributed by atoms with van der Waals surface area (Å²) in [6, 6.07) is 10.0. The van der Waals surface area contributed by atoms with Crippen LogP contribution >= 0.6 is 0 Å². The van der Waals surface area contributed by atoms with Crippen LogP contribution in [0.15, 0.2) is 35.3 Å². The molecule has 114 valence electrons. The van der Waals surface area contributed by atoms with Crippen molar-refractivity contribution in [2.75, 3.05) is 20.2 Å². The number of ketones is 1. The molecule has 0 amide bonds. The summed E-state index contributed by atoms with van der Waals surface area (Å²) in [4.78, 5) is 18.6. The van der Waals surface area contributed by atoms with Gasteiger partial charge in [0.1, 0.15) is 5.84 Å². The van der Waals surface area contributed by atoms with Crippen LogP contribution in [0.2, 0.25) is 0 Å². The quantitative estimate of drug-likeness (QED) is 0.725. The molecule has 0 saturated carbocycles. The number of methoxy groups -OCH3 is 1. The molecule has 1 aromatic carbocycles. The van der Waals surface area contributed by atoms with E-state index < -0.39 is 6.23 Å². The summed E-state index contributed by atoms with van der Waals surface area (Å²) in [6.07, 6.45) is 4.07. The number of unbranched alkanes of at least 4 members (excludes halogenated alkanes) is 3. The predicted molar refractivity (Wildman–Crippen MR) is 84.5 cm³/mol. The second-order valence-electron chi connectivity index (χ2n) is 5.36. The Morgan fingerprint density at radius 1 is 1.24 bits per heavy atom. The van der Waals surface area contributed by atoms with Gasteiger partial charge in [-0.15, -0.1) is 0 Å². The number of carbonyl (C=O) groups is 1. The highest BCUT2D eigenvalue weighted by molar-refractivity contribution is 6.04. The lowest BCUT2D eigenvalue weighted by molar-refractivity contribution is -0.129. The molecule has 1 aromatic rings. The number of ether oxygens (including phenoxy) is 1. The van der Waals surface area contributed by atoms with Gasteiger partial charge in [-0.2, -0.15) is 0 Å². The number of carbonyl (C=O) groups excluding carboxylic acids is 1. The third-order valence-corrected chi connectivity index (χ3v) is 3.70. The fourth-order valence-corrected chi connectivity index (χ4v) is 2.55. The maximum absolute atomic E-state index is 12.0. The lowest BCUT2D eigenvalue weighted by atomic mass is 10.1. The SMILES string of the molecule is CCCCCCN1CC(=O)C(OC)N=C1c1ccccc1. The van der Waals surface area contributed by atoms with Crippen LogP contribution in [0.3, 0.4) is 0 Å². The van der Waals surface area contributed by atoms with Gasteiger partial charge in [-0.05, 0) is 6.42 Å². The molecule has 1 aliphatic heterocycles. The highest BCUT2D eigenvalue weighted by Gasteiger charge is 2.28. The Hall–Kier alpha value is -1.68. The van der Waals surface area contributed by atoms with Gasteiger partial charge in [0.05, 0.1) is 6.54 Å². The molecule has 1 unspecified atom stereocenters. The van der Waals surface area contributed by atoms with E-state index in [0.29, 0.717) is 6.54 Å². The van der Waals surface area contributed by atoms with Crippen molar-refractivity contribution in [3.8, 4) is 0 Å². The molecule has 4 nitrogen and oxygen atoms in total. The summed E-state index contributed by atoms with van der Waals surface area (Å²) in [6.45, 7) is 3.46. The minimum atomic E-state index is -0.660. The van der Waals surface area contributed by atoms with Crippen LogP contribution in [0.4, 0.5) is 0 Å². The average molecular weight is 288 g/mol. The van der Waals surface area contributed by atoms with E-state index in [0.717, 1.165) is 24.4 Å². The molecular formula is C17H24N2O2. The third kappa shape index (κ3) is 4.14. The summed E-state index contributed by atoms with van der Waals surface area (Å²) in [7, 11) is 1.53. The molecule has 4 heteroatoms. The van der Waals surface area contributed by atoms with Crippen molar-refractivity contribution in [1.82, 2.24) is 4.90 Å². The first-order chi connectivity index (χ1) is 10.3. The van der Waals surface area contributed by atoms with Crippen LogP contribution in [0.25, 0.3) is 0 Å². The zero-order valence-corrected chi connectivity index (χ0v) is 12.9. The van der Waals surface area contributed by atoms with Gasteiger partial charge in [-0.3, -0.25) is 4.79 Å². The normalized spacial score (nSPS) is 18.8. The summed E-state index contributed by atoms with van der Waals surface area (Å²) in [5, 5.41) is 0. The zero-order chi connectivity index (χ0) is 15.1. The van der Waals surface area contributed by atoms with E-state index in [1.165, 1.54) is 26.4 Å². The fourth-order valence-electron chi connectivity index (χ4n) is 2.55. The van der Waals surface area contributed by atoms with Crippen LogP contribution in [-0.2, 0) is 9.53 Å². The largest absolute Gasteiger partial charge is 0.353 e. The number of hydrogen-bond donors (Lipinski definition) is 0. The molecule has 0 aliphatic carbocycles. The van der Waals surface area contributed by atoms with Crippen molar-refractivity contribution >= 4 is 11.6 Å². The number of rotatable bonds is 7. The highest BCUT2D eigenvalue weighted by atomic mass is 16.5. The molecule has 1 atom stereocenters. The molecule has 0 radical (unpaired) electrons. The maximum atomic E-state index is 12.0. The Bertz CT molecular complexity index is 485. The van der Waals surface area contributed by atoms with Gasteiger partial charge in [0, 0.05) is 19.2 Å². The van der Waals surface area contributed by atoms with E-state index in [2.05, 4.69) is 16.8 Å². The fraction of sp³-hybridized carbons (Fsp3) is 0.529. The van der Waals surface area contributed by atoms with Gasteiger partial charge in [0.15, 0.2) is 0 Å². The minimum absolute atomic E-state index is 0.0349. The number of hydrogen-bond acceptors (Lipinski definition) is 4. The van der Waals surface area contributed by atoms with Crippen molar-refractivity contribution in [1.29, 1.82) is 0 Å². The first-order valence-corrected chi connectivity index (χ1v) is 7.70. The topological polar surface area (TPSA) is 41.9 Å². The lowest BCUT2D eigenvalue weighted by Crippen LogP contribution is -2.46. The lowest BCUT2D eigenvalue weighted by Gasteiger charge is -2.31. The number of amidine groups is 1. The predicted octanol–water partition coefficient (Wildman–Crippen LogP) is 2.87. The van der Waals surface area contributed by atoms with Gasteiger partial charge in [0.2, 0.25) is 12.0 Å². The van der Waals surface area contributed by atoms with Crippen LogP contribution in [0.1, 0.15) is 38.2 Å². The summed E-state index contributed by atoms with van der Waals surface area (Å²) in [5.74, 6) is 0.909. The highest BCUT2D eigenvalue weighted by Crippen LogP contribution is 2.15. The standard InChI is InChI=1S/C17H24N2O2/c1-3-4-5-9-12-19-13-15(20)17(21-2)18-16(19)14-10-7-6-8-11-14/h6-8,10-11,17H,3-5,9,12-13H2,1-2H3. The molecular weight excluding hydrogens is 264 g/mol. The Morgan fingerprint density at radius 2 is 2.00 bits per heavy atom. The van der Waals surface area contributed by atoms with Crippen molar-refractivity contribution in [3.05, 3.63) is 35.9 Å². The Morgan fingerprint density at radius 3 is 2.67 bits per heavy atom. The number of benzene rings is 1. The van der Waals surface area contributed by atoms with E-state index >= 15 is 0 Å². The number of nitrogens with zero attached hydrogens (tertiary/aromatic N) is 2. The zero-order valence-electron chi connectivity index (χ0n) is 12.9. The van der Waals surface area contributed by atoms with Crippen molar-refractivity contribution in [2.45, 2.75) is 38.8 Å². The summed E-state index contributed by atoms with van der Waals surface area (Å²) in [5.41, 5.74) is 1.04. The van der Waals surface area contributed by atoms with Crippen LogP contribution in [-0.4, -0.2) is 42.9 Å². The molecule has 0 fully saturated rings. The Balaban J connectivity index is 2.14. The molecule has 1 heterocycles. The molecule has 21 heavy (non-hydrogen) atoms. The Kier molecular flexibility index (Phi) is 5.93. The molecule has 1 aliphatic rings. The van der Waals surface area contributed by atoms with E-state index in [1.807, 2.05) is 30.3 Å². The summed E-state index contributed by atoms with van der Waals surface area (Å²) < 4.78 is 5.18. The van der Waals surface area contributed by atoms with Gasteiger partial charge >= 0.3 is 0 Å². The second kappa shape index (κ2) is 7.93. The van der Waals surface area contributed by atoms with Gasteiger partial charge in [0.25, 0.3) is 0 Å². The monoisotopic (exact) mass is 288 g/mol. The molecule has 0 saturated heterocycles. The van der Waals surface area contributed by atoms with Crippen LogP contribution in [0.5, 0.6) is 0 Å². The third-order valence-electron chi connectivity index (χ3n) is 3.70. The van der Waals surface area contributed by atoms with Crippen molar-refractivity contribution in [3.63, 3.8) is 0 Å². The van der Waals surface area contributed by atoms with E-state index in [1.54, 1.807) is 0 Å². The number of aliphatic imine (C=N–C) groups is 1. The van der Waals surface area contributed by atoms with Gasteiger partial charge in [-0.1, -0.05) is 56.5 Å². The molecule has 0 bridgehead atoms. The first-order valence-electron chi connectivity index (χ1n) is 7.70. The van der Waals surface area contributed by atoms with E-state index in [9.17, 15) is 4.79 Å². The van der Waals surface area contributed by atoms with E-state index in [-0.39, 0.29) is 5.78 Å². The smallest absolute Gasteiger partial charge is 0.211 e. The molecule has 0 N–H and O–H groups in total.